The minimum Gasteiger partial charge on any atom is -0.334 e. The Bertz CT molecular complexity index is 801. The van der Waals surface area contributed by atoms with E-state index in [4.69, 9.17) is 0 Å². The maximum Gasteiger partial charge on any atom is 0.257 e. The first-order chi connectivity index (χ1) is 13.0. The zero-order chi connectivity index (χ0) is 19.0. The Labute approximate surface area is 159 Å². The van der Waals surface area contributed by atoms with Crippen molar-refractivity contribution in [2.45, 2.75) is 45.3 Å². The molecule has 0 saturated carbocycles. The largest absolute Gasteiger partial charge is 0.334 e. The summed E-state index contributed by atoms with van der Waals surface area (Å²) in [5, 5.41) is 4.32. The minimum atomic E-state index is -0.201. The lowest BCUT2D eigenvalue weighted by Gasteiger charge is -2.36. The van der Waals surface area contributed by atoms with Gasteiger partial charge in [0.15, 0.2) is 0 Å². The number of piperidine rings is 1. The second-order valence-corrected chi connectivity index (χ2v) is 8.18. The third-order valence-electron chi connectivity index (χ3n) is 5.75. The van der Waals surface area contributed by atoms with Gasteiger partial charge in [0.1, 0.15) is 5.82 Å². The van der Waals surface area contributed by atoms with Crippen molar-refractivity contribution in [3.05, 3.63) is 53.6 Å². The third kappa shape index (κ3) is 3.90. The molecule has 2 atom stereocenters. The first-order valence-corrected chi connectivity index (χ1v) is 9.81. The Morgan fingerprint density at radius 1 is 1.19 bits per heavy atom. The van der Waals surface area contributed by atoms with Gasteiger partial charge in [0.2, 0.25) is 0 Å². The first-order valence-electron chi connectivity index (χ1n) is 9.81. The number of amides is 1. The van der Waals surface area contributed by atoms with Crippen LogP contribution in [0.5, 0.6) is 0 Å². The molecular formula is C21H27FN4O. The highest BCUT2D eigenvalue weighted by Gasteiger charge is 2.37. The van der Waals surface area contributed by atoms with Crippen LogP contribution in [0, 0.1) is 11.7 Å². The van der Waals surface area contributed by atoms with Crippen LogP contribution in [-0.2, 0) is 6.54 Å². The van der Waals surface area contributed by atoms with Crippen LogP contribution >= 0.6 is 0 Å². The van der Waals surface area contributed by atoms with E-state index in [0.29, 0.717) is 11.5 Å². The highest BCUT2D eigenvalue weighted by atomic mass is 19.1. The molecule has 0 N–H and O–H groups in total. The van der Waals surface area contributed by atoms with Crippen molar-refractivity contribution in [3.8, 4) is 0 Å². The van der Waals surface area contributed by atoms with Gasteiger partial charge in [0.25, 0.3) is 5.91 Å². The summed E-state index contributed by atoms with van der Waals surface area (Å²) in [7, 11) is 0. The van der Waals surface area contributed by atoms with Crippen LogP contribution in [0.25, 0.3) is 0 Å². The fourth-order valence-corrected chi connectivity index (χ4v) is 4.30. The molecule has 1 amide bonds. The van der Waals surface area contributed by atoms with E-state index in [1.54, 1.807) is 6.20 Å². The van der Waals surface area contributed by atoms with Crippen LogP contribution in [0.3, 0.4) is 0 Å². The predicted molar refractivity (Wildman–Crippen MR) is 102 cm³/mol. The second kappa shape index (κ2) is 7.43. The van der Waals surface area contributed by atoms with Crippen LogP contribution in [-0.4, -0.2) is 51.2 Å². The third-order valence-corrected chi connectivity index (χ3v) is 5.75. The van der Waals surface area contributed by atoms with E-state index in [-0.39, 0.29) is 23.8 Å². The number of hydrogen-bond donors (Lipinski definition) is 0. The molecule has 2 unspecified atom stereocenters. The van der Waals surface area contributed by atoms with E-state index < -0.39 is 0 Å². The summed E-state index contributed by atoms with van der Waals surface area (Å²) in [6.07, 6.45) is 5.77. The van der Waals surface area contributed by atoms with Crippen molar-refractivity contribution < 1.29 is 9.18 Å². The van der Waals surface area contributed by atoms with Gasteiger partial charge in [-0.3, -0.25) is 14.4 Å². The molecule has 1 aromatic carbocycles. The zero-order valence-electron chi connectivity index (χ0n) is 16.0. The van der Waals surface area contributed by atoms with Gasteiger partial charge >= 0.3 is 0 Å². The molecule has 2 aromatic rings. The number of halogens is 1. The Hall–Kier alpha value is -2.21. The standard InChI is InChI=1S/C21H27FN4O/c1-15(2)26-13-18(9-23-26)21(27)25-12-17-5-8-20(25)14-24(11-17)10-16-3-6-19(22)7-4-16/h3-4,6-7,9,13,15,17,20H,5,8,10-12,14H2,1-2H3. The van der Waals surface area contributed by atoms with Gasteiger partial charge < -0.3 is 4.90 Å². The van der Waals surface area contributed by atoms with Gasteiger partial charge in [0.05, 0.1) is 11.8 Å². The quantitative estimate of drug-likeness (QED) is 0.829. The number of carbonyl (C=O) groups excluding carboxylic acids is 1. The van der Waals surface area contributed by atoms with E-state index in [1.165, 1.54) is 18.6 Å². The first kappa shape index (κ1) is 18.2. The number of carbonyl (C=O) groups is 1. The highest BCUT2D eigenvalue weighted by Crippen LogP contribution is 2.30. The molecule has 0 spiro atoms. The van der Waals surface area contributed by atoms with Gasteiger partial charge in [-0.2, -0.15) is 5.10 Å². The number of hydrogen-bond acceptors (Lipinski definition) is 3. The van der Waals surface area contributed by atoms with Gasteiger partial charge in [0, 0.05) is 44.5 Å². The highest BCUT2D eigenvalue weighted by molar-refractivity contribution is 5.94. The molecule has 27 heavy (non-hydrogen) atoms. The Balaban J connectivity index is 1.47. The van der Waals surface area contributed by atoms with Crippen LogP contribution < -0.4 is 0 Å². The number of nitrogens with zero attached hydrogens (tertiary/aromatic N) is 4. The summed E-state index contributed by atoms with van der Waals surface area (Å²) in [5.74, 6) is 0.391. The van der Waals surface area contributed by atoms with Crippen LogP contribution in [0.4, 0.5) is 4.39 Å². The summed E-state index contributed by atoms with van der Waals surface area (Å²) < 4.78 is 15.0. The summed E-state index contributed by atoms with van der Waals surface area (Å²) in [5.41, 5.74) is 1.80. The molecule has 0 aliphatic carbocycles. The number of aromatic nitrogens is 2. The predicted octanol–water partition coefficient (Wildman–Crippen LogP) is 3.34. The topological polar surface area (TPSA) is 41.4 Å². The lowest BCUT2D eigenvalue weighted by Crippen LogP contribution is -2.47. The fraction of sp³-hybridized carbons (Fsp3) is 0.524. The van der Waals surface area contributed by atoms with Crippen molar-refractivity contribution in [1.82, 2.24) is 19.6 Å². The Morgan fingerprint density at radius 2 is 1.96 bits per heavy atom. The smallest absolute Gasteiger partial charge is 0.257 e. The van der Waals surface area contributed by atoms with E-state index in [2.05, 4.69) is 28.7 Å². The summed E-state index contributed by atoms with van der Waals surface area (Å²) in [6.45, 7) is 7.60. The molecule has 3 fully saturated rings. The zero-order valence-corrected chi connectivity index (χ0v) is 16.0. The van der Waals surface area contributed by atoms with Gasteiger partial charge in [-0.05, 0) is 50.3 Å². The minimum absolute atomic E-state index is 0.0974. The van der Waals surface area contributed by atoms with Crippen molar-refractivity contribution in [2.24, 2.45) is 5.92 Å². The van der Waals surface area contributed by atoms with E-state index >= 15 is 0 Å². The van der Waals surface area contributed by atoms with Crippen molar-refractivity contribution >= 4 is 5.91 Å². The molecule has 3 aliphatic rings. The van der Waals surface area contributed by atoms with Gasteiger partial charge in [-0.25, -0.2) is 4.39 Å². The van der Waals surface area contributed by atoms with Crippen LogP contribution in [0.2, 0.25) is 0 Å². The fourth-order valence-electron chi connectivity index (χ4n) is 4.30. The number of fused-ring (bicyclic) bond motifs is 4. The average Bonchev–Trinajstić information content (AvgIpc) is 2.99. The maximum absolute atomic E-state index is 13.2. The molecular weight excluding hydrogens is 343 g/mol. The second-order valence-electron chi connectivity index (χ2n) is 8.18. The molecule has 2 bridgehead atoms. The lowest BCUT2D eigenvalue weighted by atomic mass is 9.94. The lowest BCUT2D eigenvalue weighted by molar-refractivity contribution is 0.0585. The molecule has 5 rings (SSSR count). The Morgan fingerprint density at radius 3 is 2.67 bits per heavy atom. The van der Waals surface area contributed by atoms with Gasteiger partial charge in [-0.15, -0.1) is 0 Å². The summed E-state index contributed by atoms with van der Waals surface area (Å²) in [6, 6.07) is 7.22. The molecule has 6 heteroatoms. The molecule has 3 saturated heterocycles. The molecule has 5 nitrogen and oxygen atoms in total. The summed E-state index contributed by atoms with van der Waals surface area (Å²) >= 11 is 0. The number of rotatable bonds is 4. The van der Waals surface area contributed by atoms with Gasteiger partial charge in [-0.1, -0.05) is 12.1 Å². The molecule has 1 aromatic heterocycles. The van der Waals surface area contributed by atoms with E-state index in [1.807, 2.05) is 23.0 Å². The molecule has 0 radical (unpaired) electrons. The van der Waals surface area contributed by atoms with Crippen LogP contribution in [0.15, 0.2) is 36.7 Å². The Kier molecular flexibility index (Phi) is 5.00. The molecule has 3 aliphatic heterocycles. The van der Waals surface area contributed by atoms with Crippen molar-refractivity contribution in [3.63, 3.8) is 0 Å². The maximum atomic E-state index is 13.2. The molecule has 144 valence electrons. The van der Waals surface area contributed by atoms with Crippen molar-refractivity contribution in [2.75, 3.05) is 19.6 Å². The SMILES string of the molecule is CC(C)n1cc(C(=O)N2CC3CCC2CN(Cc2ccc(F)cc2)C3)cn1. The normalized spacial score (nSPS) is 23.0. The van der Waals surface area contributed by atoms with E-state index in [9.17, 15) is 9.18 Å². The average molecular weight is 370 g/mol. The number of benzene rings is 1. The van der Waals surface area contributed by atoms with Crippen LogP contribution in [0.1, 0.15) is 48.7 Å². The molecule has 4 heterocycles. The van der Waals surface area contributed by atoms with E-state index in [0.717, 1.165) is 38.2 Å². The van der Waals surface area contributed by atoms with Crippen molar-refractivity contribution in [1.29, 1.82) is 0 Å². The summed E-state index contributed by atoms with van der Waals surface area (Å²) in [4.78, 5) is 17.6. The monoisotopic (exact) mass is 370 g/mol.